The normalized spacial score (nSPS) is 10.4. The molecule has 1 amide bonds. The average molecular weight is 211 g/mol. The van der Waals surface area contributed by atoms with E-state index in [9.17, 15) is 9.59 Å². The fraction of sp³-hybridized carbons (Fsp3) is 0.444. The fourth-order valence-electron chi connectivity index (χ4n) is 1.20. The van der Waals surface area contributed by atoms with Crippen molar-refractivity contribution in [3.63, 3.8) is 0 Å². The van der Waals surface area contributed by atoms with Gasteiger partial charge in [0.2, 0.25) is 5.91 Å². The van der Waals surface area contributed by atoms with Crippen LogP contribution in [0.5, 0.6) is 0 Å². The third-order valence-electron chi connectivity index (χ3n) is 1.81. The van der Waals surface area contributed by atoms with Gasteiger partial charge in [0.05, 0.1) is 6.20 Å². The lowest BCUT2D eigenvalue weighted by Crippen LogP contribution is -2.15. The number of anilines is 1. The third kappa shape index (κ3) is 2.34. The van der Waals surface area contributed by atoms with Gasteiger partial charge in [-0.25, -0.2) is 9.48 Å². The number of nitrogens with one attached hydrogen (secondary N) is 1. The molecule has 0 bridgehead atoms. The Morgan fingerprint density at radius 1 is 1.53 bits per heavy atom. The lowest BCUT2D eigenvalue weighted by atomic mass is 10.3. The minimum absolute atomic E-state index is 0.00102. The molecule has 1 aromatic rings. The molecule has 0 unspecified atom stereocenters. The molecular formula is C9H13N3O3. The van der Waals surface area contributed by atoms with Crippen LogP contribution in [0.25, 0.3) is 0 Å². The number of aromatic nitrogens is 2. The van der Waals surface area contributed by atoms with Gasteiger partial charge in [-0.3, -0.25) is 4.79 Å². The number of rotatable bonds is 3. The maximum atomic E-state index is 10.9. The lowest BCUT2D eigenvalue weighted by Gasteiger charge is -2.11. The third-order valence-corrected chi connectivity index (χ3v) is 1.81. The molecular weight excluding hydrogens is 198 g/mol. The number of carbonyl (C=O) groups is 2. The van der Waals surface area contributed by atoms with Crippen molar-refractivity contribution >= 4 is 17.7 Å². The minimum atomic E-state index is -1.11. The summed E-state index contributed by atoms with van der Waals surface area (Å²) >= 11 is 0. The van der Waals surface area contributed by atoms with Gasteiger partial charge in [-0.05, 0) is 13.8 Å². The number of carboxylic acid groups (broad SMARTS) is 1. The highest BCUT2D eigenvalue weighted by atomic mass is 16.4. The van der Waals surface area contributed by atoms with Crippen LogP contribution >= 0.6 is 0 Å². The van der Waals surface area contributed by atoms with E-state index in [4.69, 9.17) is 5.11 Å². The molecule has 0 aliphatic heterocycles. The molecule has 0 aromatic carbocycles. The molecule has 2 N–H and O–H groups in total. The number of nitrogens with zero attached hydrogens (tertiary/aromatic N) is 2. The van der Waals surface area contributed by atoms with Gasteiger partial charge in [0.25, 0.3) is 0 Å². The summed E-state index contributed by atoms with van der Waals surface area (Å²) in [5.74, 6) is -1.20. The van der Waals surface area contributed by atoms with Crippen molar-refractivity contribution in [2.24, 2.45) is 0 Å². The molecule has 15 heavy (non-hydrogen) atoms. The first-order chi connectivity index (χ1) is 6.93. The van der Waals surface area contributed by atoms with Gasteiger partial charge in [0, 0.05) is 13.0 Å². The van der Waals surface area contributed by atoms with Gasteiger partial charge in [-0.2, -0.15) is 5.10 Å². The number of carboxylic acids is 1. The first kappa shape index (κ1) is 11.2. The predicted molar refractivity (Wildman–Crippen MR) is 53.9 cm³/mol. The Morgan fingerprint density at radius 3 is 2.53 bits per heavy atom. The Morgan fingerprint density at radius 2 is 2.13 bits per heavy atom. The molecule has 1 aromatic heterocycles. The highest BCUT2D eigenvalue weighted by molar-refractivity contribution is 5.98. The molecule has 0 fully saturated rings. The number of hydrogen-bond donors (Lipinski definition) is 2. The highest BCUT2D eigenvalue weighted by Gasteiger charge is 2.18. The smallest absolute Gasteiger partial charge is 0.341 e. The van der Waals surface area contributed by atoms with Gasteiger partial charge < -0.3 is 10.4 Å². The van der Waals surface area contributed by atoms with Crippen LogP contribution in [0, 0.1) is 0 Å². The van der Waals surface area contributed by atoms with Gasteiger partial charge in [0.15, 0.2) is 0 Å². The summed E-state index contributed by atoms with van der Waals surface area (Å²) in [4.78, 5) is 21.8. The van der Waals surface area contributed by atoms with E-state index in [-0.39, 0.29) is 23.3 Å². The fourth-order valence-corrected chi connectivity index (χ4v) is 1.20. The Bertz CT molecular complexity index is 395. The largest absolute Gasteiger partial charge is 0.477 e. The Hall–Kier alpha value is -1.85. The van der Waals surface area contributed by atoms with Crippen LogP contribution in [0.2, 0.25) is 0 Å². The number of aromatic carboxylic acids is 1. The molecule has 0 aliphatic rings. The van der Waals surface area contributed by atoms with Gasteiger partial charge in [-0.15, -0.1) is 0 Å². The van der Waals surface area contributed by atoms with E-state index in [0.29, 0.717) is 0 Å². The maximum Gasteiger partial charge on any atom is 0.341 e. The zero-order valence-electron chi connectivity index (χ0n) is 8.81. The van der Waals surface area contributed by atoms with Crippen molar-refractivity contribution in [2.45, 2.75) is 26.8 Å². The van der Waals surface area contributed by atoms with Crippen molar-refractivity contribution in [2.75, 3.05) is 5.32 Å². The molecule has 1 heterocycles. The summed E-state index contributed by atoms with van der Waals surface area (Å²) in [6.07, 6.45) is 1.23. The Kier molecular flexibility index (Phi) is 3.08. The monoisotopic (exact) mass is 211 g/mol. The van der Waals surface area contributed by atoms with E-state index >= 15 is 0 Å². The minimum Gasteiger partial charge on any atom is -0.477 e. The second-order valence-electron chi connectivity index (χ2n) is 3.43. The topological polar surface area (TPSA) is 84.2 Å². The van der Waals surface area contributed by atoms with Crippen molar-refractivity contribution in [1.82, 2.24) is 9.78 Å². The predicted octanol–water partition coefficient (Wildman–Crippen LogP) is 1.12. The van der Waals surface area contributed by atoms with Crippen LogP contribution in [-0.4, -0.2) is 26.8 Å². The number of hydrogen-bond acceptors (Lipinski definition) is 3. The van der Waals surface area contributed by atoms with E-state index in [1.165, 1.54) is 17.8 Å². The van der Waals surface area contributed by atoms with Gasteiger partial charge in [-0.1, -0.05) is 0 Å². The lowest BCUT2D eigenvalue weighted by molar-refractivity contribution is -0.114. The van der Waals surface area contributed by atoms with Crippen LogP contribution < -0.4 is 5.32 Å². The molecule has 6 heteroatoms. The SMILES string of the molecule is CC(=O)Nc1c(C(=O)O)cnn1C(C)C. The van der Waals surface area contributed by atoms with Crippen LogP contribution in [0.15, 0.2) is 6.20 Å². The second-order valence-corrected chi connectivity index (χ2v) is 3.43. The van der Waals surface area contributed by atoms with Gasteiger partial charge in [0.1, 0.15) is 11.4 Å². The summed E-state index contributed by atoms with van der Waals surface area (Å²) < 4.78 is 1.46. The van der Waals surface area contributed by atoms with E-state index in [0.717, 1.165) is 0 Å². The quantitative estimate of drug-likeness (QED) is 0.784. The molecule has 0 spiro atoms. The van der Waals surface area contributed by atoms with E-state index in [1.54, 1.807) is 0 Å². The molecule has 1 rings (SSSR count). The van der Waals surface area contributed by atoms with Crippen molar-refractivity contribution in [1.29, 1.82) is 0 Å². The molecule has 0 radical (unpaired) electrons. The average Bonchev–Trinajstić information content (AvgIpc) is 2.46. The summed E-state index contributed by atoms with van der Waals surface area (Å²) in [5, 5.41) is 15.2. The van der Waals surface area contributed by atoms with Crippen molar-refractivity contribution in [3.8, 4) is 0 Å². The van der Waals surface area contributed by atoms with E-state index < -0.39 is 5.97 Å². The molecule has 0 saturated carbocycles. The van der Waals surface area contributed by atoms with Crippen LogP contribution in [0.3, 0.4) is 0 Å². The first-order valence-electron chi connectivity index (χ1n) is 4.52. The molecule has 0 atom stereocenters. The second kappa shape index (κ2) is 4.12. The Labute approximate surface area is 86.9 Å². The zero-order chi connectivity index (χ0) is 11.6. The Balaban J connectivity index is 3.19. The summed E-state index contributed by atoms with van der Waals surface area (Å²) in [7, 11) is 0. The van der Waals surface area contributed by atoms with Crippen LogP contribution in [0.1, 0.15) is 37.2 Å². The summed E-state index contributed by atoms with van der Waals surface area (Å²) in [5.41, 5.74) is -0.00102. The number of amides is 1. The zero-order valence-corrected chi connectivity index (χ0v) is 8.81. The van der Waals surface area contributed by atoms with Gasteiger partial charge >= 0.3 is 5.97 Å². The number of carbonyl (C=O) groups excluding carboxylic acids is 1. The molecule has 82 valence electrons. The molecule has 6 nitrogen and oxygen atoms in total. The van der Waals surface area contributed by atoms with Crippen molar-refractivity contribution < 1.29 is 14.7 Å². The molecule has 0 saturated heterocycles. The highest BCUT2D eigenvalue weighted by Crippen LogP contribution is 2.19. The van der Waals surface area contributed by atoms with E-state index in [1.807, 2.05) is 13.8 Å². The van der Waals surface area contributed by atoms with Crippen LogP contribution in [0.4, 0.5) is 5.82 Å². The maximum absolute atomic E-state index is 10.9. The van der Waals surface area contributed by atoms with Crippen LogP contribution in [-0.2, 0) is 4.79 Å². The summed E-state index contributed by atoms with van der Waals surface area (Å²) in [6.45, 7) is 5.02. The van der Waals surface area contributed by atoms with E-state index in [2.05, 4.69) is 10.4 Å². The molecule has 0 aliphatic carbocycles. The standard InChI is InChI=1S/C9H13N3O3/c1-5(2)12-8(11-6(3)13)7(4-10-12)9(14)15/h4-5H,1-3H3,(H,11,13)(H,14,15). The van der Waals surface area contributed by atoms with Crippen molar-refractivity contribution in [3.05, 3.63) is 11.8 Å². The first-order valence-corrected chi connectivity index (χ1v) is 4.52. The summed E-state index contributed by atoms with van der Waals surface area (Å²) in [6, 6.07) is -0.0139.